The van der Waals surface area contributed by atoms with Crippen molar-refractivity contribution in [3.63, 3.8) is 0 Å². The number of fused-ring (bicyclic) bond motifs is 1. The Balaban J connectivity index is 1.81. The quantitative estimate of drug-likeness (QED) is 0.786. The number of halogens is 1. The van der Waals surface area contributed by atoms with Crippen LogP contribution in [0.15, 0.2) is 59.6 Å². The topological polar surface area (TPSA) is 21.6 Å². The molecule has 1 aliphatic heterocycles. The van der Waals surface area contributed by atoms with Crippen molar-refractivity contribution in [2.75, 3.05) is 6.61 Å². The first-order valence-corrected chi connectivity index (χ1v) is 6.42. The minimum absolute atomic E-state index is 0.501. The first-order chi connectivity index (χ1) is 9.31. The van der Waals surface area contributed by atoms with Crippen molar-refractivity contribution in [2.45, 2.75) is 0 Å². The van der Waals surface area contributed by atoms with Crippen molar-refractivity contribution >= 4 is 29.1 Å². The Morgan fingerprint density at radius 1 is 1.00 bits per heavy atom. The third-order valence-corrected chi connectivity index (χ3v) is 3.10. The molecule has 1 aliphatic rings. The highest BCUT2D eigenvalue weighted by molar-refractivity contribution is 6.30. The van der Waals surface area contributed by atoms with Gasteiger partial charge in [-0.25, -0.2) is 4.99 Å². The summed E-state index contributed by atoms with van der Waals surface area (Å²) in [5.41, 5.74) is 2.88. The van der Waals surface area contributed by atoms with Gasteiger partial charge in [-0.15, -0.1) is 0 Å². The summed E-state index contributed by atoms with van der Waals surface area (Å²) in [6.45, 7) is 0.501. The molecule has 2 aromatic rings. The van der Waals surface area contributed by atoms with E-state index in [0.29, 0.717) is 6.61 Å². The number of para-hydroxylation sites is 2. The summed E-state index contributed by atoms with van der Waals surface area (Å²) in [7, 11) is 0. The fourth-order valence-electron chi connectivity index (χ4n) is 1.86. The Bertz CT molecular complexity index is 644. The zero-order chi connectivity index (χ0) is 13.1. The summed E-state index contributed by atoms with van der Waals surface area (Å²) in [5, 5.41) is 0.740. The summed E-state index contributed by atoms with van der Waals surface area (Å²) >= 11 is 5.85. The minimum atomic E-state index is 0.501. The smallest absolute Gasteiger partial charge is 0.145 e. The molecule has 2 aromatic carbocycles. The molecule has 0 fully saturated rings. The standard InChI is InChI=1S/C16H12ClNO/c17-13-8-5-12(6-9-13)7-10-14-11-19-16-4-2-1-3-15(16)18-14/h1-10H,11H2/b10-7+. The molecule has 0 aromatic heterocycles. The van der Waals surface area contributed by atoms with Crippen LogP contribution >= 0.6 is 11.6 Å². The molecular weight excluding hydrogens is 258 g/mol. The highest BCUT2D eigenvalue weighted by atomic mass is 35.5. The van der Waals surface area contributed by atoms with Crippen LogP contribution in [0.25, 0.3) is 6.08 Å². The molecular formula is C16H12ClNO. The number of nitrogens with zero attached hydrogens (tertiary/aromatic N) is 1. The maximum atomic E-state index is 5.85. The molecule has 0 spiro atoms. The van der Waals surface area contributed by atoms with Crippen molar-refractivity contribution in [1.82, 2.24) is 0 Å². The molecule has 0 amide bonds. The molecule has 0 saturated carbocycles. The molecule has 0 bridgehead atoms. The van der Waals surface area contributed by atoms with E-state index in [0.717, 1.165) is 27.7 Å². The maximum absolute atomic E-state index is 5.85. The van der Waals surface area contributed by atoms with Crippen LogP contribution in [0.3, 0.4) is 0 Å². The normalized spacial score (nSPS) is 13.8. The van der Waals surface area contributed by atoms with Gasteiger partial charge in [-0.3, -0.25) is 0 Å². The summed E-state index contributed by atoms with van der Waals surface area (Å²) in [6.07, 6.45) is 3.98. The number of hydrogen-bond acceptors (Lipinski definition) is 2. The van der Waals surface area contributed by atoms with Crippen molar-refractivity contribution in [2.24, 2.45) is 4.99 Å². The van der Waals surface area contributed by atoms with Gasteiger partial charge >= 0.3 is 0 Å². The Morgan fingerprint density at radius 3 is 2.63 bits per heavy atom. The molecule has 0 saturated heterocycles. The Morgan fingerprint density at radius 2 is 1.79 bits per heavy atom. The van der Waals surface area contributed by atoms with E-state index >= 15 is 0 Å². The largest absolute Gasteiger partial charge is 0.485 e. The second-order valence-electron chi connectivity index (χ2n) is 4.24. The molecule has 19 heavy (non-hydrogen) atoms. The molecule has 1 heterocycles. The molecule has 3 heteroatoms. The summed E-state index contributed by atoms with van der Waals surface area (Å²) in [5.74, 6) is 0.839. The third kappa shape index (κ3) is 2.85. The lowest BCUT2D eigenvalue weighted by Gasteiger charge is -2.14. The first kappa shape index (κ1) is 12.0. The van der Waals surface area contributed by atoms with Gasteiger partial charge in [-0.2, -0.15) is 0 Å². The Kier molecular flexibility index (Phi) is 3.34. The van der Waals surface area contributed by atoms with Gasteiger partial charge in [0.25, 0.3) is 0 Å². The summed E-state index contributed by atoms with van der Waals surface area (Å²) in [6, 6.07) is 15.5. The van der Waals surface area contributed by atoms with Crippen LogP contribution in [0, 0.1) is 0 Å². The van der Waals surface area contributed by atoms with E-state index in [1.807, 2.05) is 60.7 Å². The highest BCUT2D eigenvalue weighted by Crippen LogP contribution is 2.29. The van der Waals surface area contributed by atoms with Crippen molar-refractivity contribution in [3.05, 3.63) is 65.2 Å². The average Bonchev–Trinajstić information content (AvgIpc) is 2.46. The molecule has 0 unspecified atom stereocenters. The molecule has 94 valence electrons. The van der Waals surface area contributed by atoms with Gasteiger partial charge in [0, 0.05) is 5.02 Å². The number of ether oxygens (including phenoxy) is 1. The maximum Gasteiger partial charge on any atom is 0.145 e. The van der Waals surface area contributed by atoms with Crippen LogP contribution in [-0.2, 0) is 0 Å². The zero-order valence-electron chi connectivity index (χ0n) is 10.2. The summed E-state index contributed by atoms with van der Waals surface area (Å²) in [4.78, 5) is 4.56. The zero-order valence-corrected chi connectivity index (χ0v) is 11.0. The fraction of sp³-hybridized carbons (Fsp3) is 0.0625. The monoisotopic (exact) mass is 269 g/mol. The fourth-order valence-corrected chi connectivity index (χ4v) is 1.99. The van der Waals surface area contributed by atoms with E-state index in [4.69, 9.17) is 16.3 Å². The van der Waals surface area contributed by atoms with E-state index in [-0.39, 0.29) is 0 Å². The lowest BCUT2D eigenvalue weighted by atomic mass is 10.2. The Labute approximate surface area is 117 Å². The number of rotatable bonds is 2. The second-order valence-corrected chi connectivity index (χ2v) is 4.68. The highest BCUT2D eigenvalue weighted by Gasteiger charge is 2.09. The van der Waals surface area contributed by atoms with Crippen LogP contribution in [0.1, 0.15) is 5.56 Å². The first-order valence-electron chi connectivity index (χ1n) is 6.04. The van der Waals surface area contributed by atoms with Gasteiger partial charge in [0.2, 0.25) is 0 Å². The van der Waals surface area contributed by atoms with Crippen LogP contribution in [0.4, 0.5) is 5.69 Å². The van der Waals surface area contributed by atoms with Crippen LogP contribution < -0.4 is 4.74 Å². The molecule has 3 rings (SSSR count). The molecule has 0 aliphatic carbocycles. The van der Waals surface area contributed by atoms with Crippen LogP contribution in [0.5, 0.6) is 5.75 Å². The van der Waals surface area contributed by atoms with Gasteiger partial charge < -0.3 is 4.74 Å². The van der Waals surface area contributed by atoms with E-state index in [2.05, 4.69) is 4.99 Å². The minimum Gasteiger partial charge on any atom is -0.485 e. The van der Waals surface area contributed by atoms with Crippen molar-refractivity contribution in [3.8, 4) is 5.75 Å². The molecule has 2 nitrogen and oxygen atoms in total. The number of hydrogen-bond donors (Lipinski definition) is 0. The van der Waals surface area contributed by atoms with Gasteiger partial charge in [-0.05, 0) is 35.9 Å². The van der Waals surface area contributed by atoms with E-state index in [1.54, 1.807) is 0 Å². The van der Waals surface area contributed by atoms with Gasteiger partial charge in [0.1, 0.15) is 18.0 Å². The van der Waals surface area contributed by atoms with Gasteiger partial charge in [-0.1, -0.05) is 41.9 Å². The number of benzene rings is 2. The molecule has 0 N–H and O–H groups in total. The SMILES string of the molecule is Clc1ccc(/C=C/C2=Nc3ccccc3OC2)cc1. The Hall–Kier alpha value is -2.06. The van der Waals surface area contributed by atoms with Crippen LogP contribution in [-0.4, -0.2) is 12.3 Å². The van der Waals surface area contributed by atoms with Crippen molar-refractivity contribution in [1.29, 1.82) is 0 Å². The molecule has 0 radical (unpaired) electrons. The van der Waals surface area contributed by atoms with E-state index in [1.165, 1.54) is 0 Å². The predicted molar refractivity (Wildman–Crippen MR) is 79.5 cm³/mol. The lowest BCUT2D eigenvalue weighted by molar-refractivity contribution is 0.373. The average molecular weight is 270 g/mol. The van der Waals surface area contributed by atoms with Gasteiger partial charge in [0.15, 0.2) is 0 Å². The lowest BCUT2D eigenvalue weighted by Crippen LogP contribution is -2.12. The summed E-state index contributed by atoms with van der Waals surface area (Å²) < 4.78 is 5.64. The van der Waals surface area contributed by atoms with E-state index in [9.17, 15) is 0 Å². The van der Waals surface area contributed by atoms with Crippen molar-refractivity contribution < 1.29 is 4.74 Å². The van der Waals surface area contributed by atoms with Crippen LogP contribution in [0.2, 0.25) is 5.02 Å². The number of aliphatic imine (C=N–C) groups is 1. The molecule has 0 atom stereocenters. The van der Waals surface area contributed by atoms with E-state index < -0.39 is 0 Å². The predicted octanol–water partition coefficient (Wildman–Crippen LogP) is 4.52. The third-order valence-electron chi connectivity index (χ3n) is 2.84. The van der Waals surface area contributed by atoms with Gasteiger partial charge in [0.05, 0.1) is 5.71 Å². The second kappa shape index (κ2) is 5.29.